The van der Waals surface area contributed by atoms with E-state index in [9.17, 15) is 0 Å². The summed E-state index contributed by atoms with van der Waals surface area (Å²) in [4.78, 5) is 0. The van der Waals surface area contributed by atoms with Crippen molar-refractivity contribution in [3.8, 4) is 0 Å². The van der Waals surface area contributed by atoms with Crippen LogP contribution in [-0.2, 0) is 19.6 Å². The Kier molecular flexibility index (Phi) is 3.09. The summed E-state index contributed by atoms with van der Waals surface area (Å²) in [7, 11) is 3.46. The van der Waals surface area contributed by atoms with E-state index >= 15 is 0 Å². The first-order chi connectivity index (χ1) is 12.2. The second kappa shape index (κ2) is 5.04. The molecule has 1 unspecified atom stereocenters. The summed E-state index contributed by atoms with van der Waals surface area (Å²) in [5.41, 5.74) is 4.37. The van der Waals surface area contributed by atoms with E-state index < -0.39 is 11.4 Å². The number of rotatable bonds is 3. The summed E-state index contributed by atoms with van der Waals surface area (Å²) in [5, 5.41) is 0. The van der Waals surface area contributed by atoms with Crippen LogP contribution >= 0.6 is 0 Å². The second-order valence-electron chi connectivity index (χ2n) is 7.24. The van der Waals surface area contributed by atoms with Gasteiger partial charge in [-0.3, -0.25) is 0 Å². The molecule has 0 N–H and O–H groups in total. The van der Waals surface area contributed by atoms with Crippen LogP contribution < -0.4 is 0 Å². The highest BCUT2D eigenvalue weighted by Gasteiger charge is 2.81. The van der Waals surface area contributed by atoms with E-state index in [0.717, 1.165) is 24.0 Å². The van der Waals surface area contributed by atoms with Crippen molar-refractivity contribution in [1.29, 1.82) is 0 Å². The Bertz CT molecular complexity index is 841. The fraction of sp³-hybridized carbons (Fsp3) is 0.364. The molecule has 3 heteroatoms. The molecule has 2 spiro atoms. The number of hydrogen-bond donors (Lipinski definition) is 0. The Balaban J connectivity index is 1.81. The summed E-state index contributed by atoms with van der Waals surface area (Å²) < 4.78 is 18.4. The van der Waals surface area contributed by atoms with Gasteiger partial charge >= 0.3 is 0 Å². The zero-order valence-corrected chi connectivity index (χ0v) is 14.6. The van der Waals surface area contributed by atoms with Crippen LogP contribution in [0.2, 0.25) is 0 Å². The average Bonchev–Trinajstić information content (AvgIpc) is 3.56. The standard InChI is InChI=1S/C22H22O3/c1-23-22(24-2)19(14-16-8-4-3-5-9-16)17-10-6-7-11-18(17)20(12-13-20)21(22)15-25-21/h3-11,14H,12-13,15H2,1-2H3/b19-14-. The molecule has 2 aromatic rings. The van der Waals surface area contributed by atoms with Crippen LogP contribution in [0.5, 0.6) is 0 Å². The van der Waals surface area contributed by atoms with Crippen molar-refractivity contribution in [3.05, 3.63) is 71.3 Å². The molecule has 5 rings (SSSR count). The highest BCUT2D eigenvalue weighted by molar-refractivity contribution is 5.91. The van der Waals surface area contributed by atoms with Crippen LogP contribution in [0.4, 0.5) is 0 Å². The molecule has 1 heterocycles. The maximum absolute atomic E-state index is 6.15. The third-order valence-electron chi connectivity index (χ3n) is 6.26. The second-order valence-corrected chi connectivity index (χ2v) is 7.24. The van der Waals surface area contributed by atoms with Crippen LogP contribution in [-0.4, -0.2) is 32.2 Å². The van der Waals surface area contributed by atoms with Crippen molar-refractivity contribution in [2.24, 2.45) is 0 Å². The lowest BCUT2D eigenvalue weighted by Gasteiger charge is -2.47. The molecule has 0 bridgehead atoms. The molecule has 0 radical (unpaired) electrons. The number of benzene rings is 2. The Morgan fingerprint density at radius 1 is 0.920 bits per heavy atom. The highest BCUT2D eigenvalue weighted by atomic mass is 16.7. The molecule has 3 aliphatic rings. The normalized spacial score (nSPS) is 29.0. The largest absolute Gasteiger partial charge is 0.362 e. The van der Waals surface area contributed by atoms with Gasteiger partial charge in [-0.1, -0.05) is 54.6 Å². The molecule has 1 saturated carbocycles. The van der Waals surface area contributed by atoms with Gasteiger partial charge in [0.15, 0.2) is 5.60 Å². The fourth-order valence-corrected chi connectivity index (χ4v) is 4.92. The number of methoxy groups -OCH3 is 2. The summed E-state index contributed by atoms with van der Waals surface area (Å²) in [6, 6.07) is 19.0. The molecular weight excluding hydrogens is 312 g/mol. The van der Waals surface area contributed by atoms with Gasteiger partial charge in [-0.2, -0.15) is 0 Å². The minimum absolute atomic E-state index is 0.0175. The van der Waals surface area contributed by atoms with E-state index in [1.165, 1.54) is 11.1 Å². The Morgan fingerprint density at radius 3 is 2.16 bits per heavy atom. The zero-order valence-electron chi connectivity index (χ0n) is 14.6. The maximum atomic E-state index is 6.15. The highest BCUT2D eigenvalue weighted by Crippen LogP contribution is 2.72. The van der Waals surface area contributed by atoms with Gasteiger partial charge in [0, 0.05) is 25.2 Å². The average molecular weight is 334 g/mol. The first kappa shape index (κ1) is 15.3. The Labute approximate surface area is 148 Å². The van der Waals surface area contributed by atoms with Gasteiger partial charge < -0.3 is 14.2 Å². The van der Waals surface area contributed by atoms with Crippen molar-refractivity contribution in [3.63, 3.8) is 0 Å². The minimum Gasteiger partial charge on any atom is -0.362 e. The first-order valence-corrected chi connectivity index (χ1v) is 8.84. The van der Waals surface area contributed by atoms with E-state index in [0.29, 0.717) is 6.61 Å². The molecule has 2 aliphatic carbocycles. The van der Waals surface area contributed by atoms with Crippen LogP contribution in [0.15, 0.2) is 54.6 Å². The summed E-state index contributed by atoms with van der Waals surface area (Å²) in [5.74, 6) is -0.881. The van der Waals surface area contributed by atoms with E-state index in [4.69, 9.17) is 14.2 Å². The third-order valence-corrected chi connectivity index (χ3v) is 6.26. The van der Waals surface area contributed by atoms with Crippen LogP contribution in [0.1, 0.15) is 29.5 Å². The molecule has 0 amide bonds. The van der Waals surface area contributed by atoms with E-state index in [1.807, 2.05) is 18.2 Å². The number of hydrogen-bond acceptors (Lipinski definition) is 3. The molecule has 1 saturated heterocycles. The summed E-state index contributed by atoms with van der Waals surface area (Å²) >= 11 is 0. The third kappa shape index (κ3) is 1.76. The molecule has 128 valence electrons. The predicted molar refractivity (Wildman–Crippen MR) is 97.1 cm³/mol. The molecule has 1 atom stereocenters. The molecule has 25 heavy (non-hydrogen) atoms. The van der Waals surface area contributed by atoms with Gasteiger partial charge in [-0.15, -0.1) is 0 Å². The van der Waals surface area contributed by atoms with Crippen molar-refractivity contribution >= 4 is 11.6 Å². The molecular formula is C22H22O3. The van der Waals surface area contributed by atoms with Gasteiger partial charge in [0.25, 0.3) is 0 Å². The maximum Gasteiger partial charge on any atom is 0.228 e. The number of ether oxygens (including phenoxy) is 3. The topological polar surface area (TPSA) is 31.0 Å². The van der Waals surface area contributed by atoms with Gasteiger partial charge in [0.2, 0.25) is 5.79 Å². The Morgan fingerprint density at radius 2 is 1.56 bits per heavy atom. The lowest BCUT2D eigenvalue weighted by molar-refractivity contribution is -0.213. The lowest BCUT2D eigenvalue weighted by atomic mass is 9.65. The Hall–Kier alpha value is -1.94. The van der Waals surface area contributed by atoms with E-state index in [1.54, 1.807) is 14.2 Å². The molecule has 3 nitrogen and oxygen atoms in total. The molecule has 0 aromatic heterocycles. The monoisotopic (exact) mass is 334 g/mol. The summed E-state index contributed by atoms with van der Waals surface area (Å²) in [6.07, 6.45) is 4.43. The van der Waals surface area contributed by atoms with Gasteiger partial charge in [-0.05, 0) is 35.6 Å². The summed E-state index contributed by atoms with van der Waals surface area (Å²) in [6.45, 7) is 0.676. The van der Waals surface area contributed by atoms with E-state index in [2.05, 4.69) is 42.5 Å². The molecule has 1 aliphatic heterocycles. The molecule has 2 fully saturated rings. The number of fused-ring (bicyclic) bond motifs is 3. The van der Waals surface area contributed by atoms with Crippen molar-refractivity contribution in [2.45, 2.75) is 29.6 Å². The van der Waals surface area contributed by atoms with Gasteiger partial charge in [0.05, 0.1) is 6.61 Å². The van der Waals surface area contributed by atoms with Crippen molar-refractivity contribution < 1.29 is 14.2 Å². The SMILES string of the molecule is COC1(OC)/C(=C\c2ccccc2)c2ccccc2C2(CC2)C12CO2. The van der Waals surface area contributed by atoms with Crippen LogP contribution in [0, 0.1) is 0 Å². The van der Waals surface area contributed by atoms with Crippen molar-refractivity contribution in [1.82, 2.24) is 0 Å². The smallest absolute Gasteiger partial charge is 0.228 e. The van der Waals surface area contributed by atoms with Gasteiger partial charge in [-0.25, -0.2) is 0 Å². The van der Waals surface area contributed by atoms with Crippen LogP contribution in [0.3, 0.4) is 0 Å². The van der Waals surface area contributed by atoms with Crippen LogP contribution in [0.25, 0.3) is 11.6 Å². The van der Waals surface area contributed by atoms with Crippen molar-refractivity contribution in [2.75, 3.05) is 20.8 Å². The quantitative estimate of drug-likeness (QED) is 0.627. The lowest BCUT2D eigenvalue weighted by Crippen LogP contribution is -2.59. The van der Waals surface area contributed by atoms with Gasteiger partial charge in [0.1, 0.15) is 0 Å². The minimum atomic E-state index is -0.881. The number of epoxide rings is 1. The van der Waals surface area contributed by atoms with E-state index in [-0.39, 0.29) is 5.41 Å². The molecule has 2 aromatic carbocycles. The first-order valence-electron chi connectivity index (χ1n) is 8.84. The predicted octanol–water partition coefficient (Wildman–Crippen LogP) is 4.03. The zero-order chi connectivity index (χ0) is 17.1. The fourth-order valence-electron chi connectivity index (χ4n) is 4.92.